The van der Waals surface area contributed by atoms with Gasteiger partial charge in [0.15, 0.2) is 0 Å². The predicted octanol–water partition coefficient (Wildman–Crippen LogP) is 13.3. The molecule has 12 nitrogen and oxygen atoms in total. The lowest BCUT2D eigenvalue weighted by atomic mass is 9.72. The first-order valence-electron chi connectivity index (χ1n) is 21.1. The maximum Gasteiger partial charge on any atom is 0.411 e. The van der Waals surface area contributed by atoms with Crippen molar-refractivity contribution in [2.45, 2.75) is 17.8 Å². The number of anilines is 4. The van der Waals surface area contributed by atoms with Gasteiger partial charge in [0.05, 0.1) is 11.4 Å². The SMILES string of the molecule is Nc1ccc(Oc2ccc(Oc3ccc(C(=O)Nc4cc(C(c5ccc(O)c(NC(=O)c6ccc(Oc7ccc(Oc8ccc(N)cc8)cc7)cc6)c5)(C(F)(F)F)C(F)(F)F)ccc4O)cc3)cc2)cc1. The Morgan fingerprint density at radius 1 is 0.380 bits per heavy atom. The molecular formula is C53H38F6N4O8. The molecule has 0 aromatic heterocycles. The van der Waals surface area contributed by atoms with Crippen molar-refractivity contribution >= 4 is 34.6 Å². The molecule has 8 rings (SSSR count). The zero-order valence-electron chi connectivity index (χ0n) is 36.6. The van der Waals surface area contributed by atoms with Crippen LogP contribution in [0.1, 0.15) is 31.8 Å². The van der Waals surface area contributed by atoms with Crippen molar-refractivity contribution in [3.63, 3.8) is 0 Å². The minimum atomic E-state index is -6.14. The normalized spacial score (nSPS) is 11.6. The minimum absolute atomic E-state index is 0.0968. The molecule has 0 atom stereocenters. The standard InChI is InChI=1S/C53H38F6N4O8/c54-52(55,56)51(53(57,58)59,33-5-27-47(64)45(29-33)62-49(66)31-1-11-37(12-2-31)68-41-19-23-43(24-20-41)70-39-15-7-35(60)8-16-39)34-6-28-48(65)46(30-34)63-50(67)32-3-13-38(14-4-32)69-42-21-25-44(26-22-42)71-40-17-9-36(61)10-18-40/h1-30,64-65H,60-61H2,(H,62,66)(H,63,67). The third-order valence-corrected chi connectivity index (χ3v) is 10.8. The van der Waals surface area contributed by atoms with Crippen LogP contribution in [0.15, 0.2) is 182 Å². The smallest absolute Gasteiger partial charge is 0.411 e. The van der Waals surface area contributed by atoms with Crippen LogP contribution in [-0.4, -0.2) is 34.4 Å². The third kappa shape index (κ3) is 10.9. The van der Waals surface area contributed by atoms with Gasteiger partial charge in [-0.3, -0.25) is 9.59 Å². The number of nitrogen functional groups attached to an aromatic ring is 2. The minimum Gasteiger partial charge on any atom is -0.506 e. The van der Waals surface area contributed by atoms with Crippen molar-refractivity contribution in [3.8, 4) is 57.5 Å². The van der Waals surface area contributed by atoms with Crippen LogP contribution in [0.25, 0.3) is 0 Å². The number of hydrogen-bond donors (Lipinski definition) is 6. The van der Waals surface area contributed by atoms with Crippen LogP contribution >= 0.6 is 0 Å². The Morgan fingerprint density at radius 3 is 0.873 bits per heavy atom. The number of benzene rings is 8. The summed E-state index contributed by atoms with van der Waals surface area (Å²) in [6.45, 7) is 0. The molecular weight excluding hydrogens is 935 g/mol. The Hall–Kier alpha value is -9.32. The lowest BCUT2D eigenvalue weighted by Crippen LogP contribution is -2.54. The molecule has 0 saturated heterocycles. The van der Waals surface area contributed by atoms with Crippen molar-refractivity contribution in [1.82, 2.24) is 0 Å². The number of rotatable bonds is 14. The second-order valence-electron chi connectivity index (χ2n) is 15.7. The van der Waals surface area contributed by atoms with E-state index in [4.69, 9.17) is 30.4 Å². The summed E-state index contributed by atoms with van der Waals surface area (Å²) in [6, 6.07) is 40.1. The van der Waals surface area contributed by atoms with Crippen molar-refractivity contribution in [2.75, 3.05) is 22.1 Å². The topological polar surface area (TPSA) is 188 Å². The van der Waals surface area contributed by atoms with Gasteiger partial charge in [-0.1, -0.05) is 12.1 Å². The van der Waals surface area contributed by atoms with E-state index in [1.807, 2.05) is 0 Å². The molecule has 0 aliphatic rings. The van der Waals surface area contributed by atoms with Crippen molar-refractivity contribution in [1.29, 1.82) is 0 Å². The Labute approximate surface area is 400 Å². The third-order valence-electron chi connectivity index (χ3n) is 10.8. The zero-order valence-corrected chi connectivity index (χ0v) is 36.6. The largest absolute Gasteiger partial charge is 0.506 e. The van der Waals surface area contributed by atoms with Gasteiger partial charge in [0, 0.05) is 22.5 Å². The highest BCUT2D eigenvalue weighted by atomic mass is 19.4. The van der Waals surface area contributed by atoms with E-state index >= 15 is 26.3 Å². The number of carbonyl (C=O) groups excluding carboxylic acids is 2. The number of phenols is 2. The molecule has 0 spiro atoms. The number of carbonyl (C=O) groups is 2. The molecule has 8 aromatic carbocycles. The molecule has 0 bridgehead atoms. The summed E-state index contributed by atoms with van der Waals surface area (Å²) in [6.07, 6.45) is -12.3. The van der Waals surface area contributed by atoms with Gasteiger partial charge >= 0.3 is 12.4 Å². The van der Waals surface area contributed by atoms with Crippen LogP contribution in [0.5, 0.6) is 57.5 Å². The molecule has 8 aromatic rings. The van der Waals surface area contributed by atoms with E-state index in [1.54, 1.807) is 97.1 Å². The second-order valence-corrected chi connectivity index (χ2v) is 15.7. The van der Waals surface area contributed by atoms with E-state index in [-0.39, 0.29) is 22.6 Å². The van der Waals surface area contributed by atoms with Gasteiger partial charge in [-0.2, -0.15) is 26.3 Å². The average molecular weight is 973 g/mol. The predicted molar refractivity (Wildman–Crippen MR) is 253 cm³/mol. The molecule has 0 saturated carbocycles. The Kier molecular flexibility index (Phi) is 13.4. The van der Waals surface area contributed by atoms with Crippen LogP contribution in [0.3, 0.4) is 0 Å². The monoisotopic (exact) mass is 972 g/mol. The average Bonchev–Trinajstić information content (AvgIpc) is 3.33. The maximum absolute atomic E-state index is 15.3. The summed E-state index contributed by atoms with van der Waals surface area (Å²) < 4.78 is 115. The second kappa shape index (κ2) is 19.7. The molecule has 71 heavy (non-hydrogen) atoms. The number of phenolic OH excluding ortho intramolecular Hbond substituents is 2. The Bertz CT molecular complexity index is 2950. The summed E-state index contributed by atoms with van der Waals surface area (Å²) in [5, 5.41) is 25.6. The first-order chi connectivity index (χ1) is 33.8. The number of aromatic hydroxyl groups is 2. The summed E-state index contributed by atoms with van der Waals surface area (Å²) in [4.78, 5) is 26.7. The fourth-order valence-corrected chi connectivity index (χ4v) is 7.23. The fourth-order valence-electron chi connectivity index (χ4n) is 7.23. The van der Waals surface area contributed by atoms with Crippen LogP contribution in [0, 0.1) is 0 Å². The molecule has 18 heteroatoms. The Morgan fingerprint density at radius 2 is 0.620 bits per heavy atom. The van der Waals surface area contributed by atoms with E-state index in [0.29, 0.717) is 82.3 Å². The zero-order chi connectivity index (χ0) is 50.5. The number of hydrogen-bond acceptors (Lipinski definition) is 10. The van der Waals surface area contributed by atoms with Crippen molar-refractivity contribution in [2.24, 2.45) is 0 Å². The van der Waals surface area contributed by atoms with Gasteiger partial charge < -0.3 is 51.3 Å². The van der Waals surface area contributed by atoms with Crippen LogP contribution in [0.2, 0.25) is 0 Å². The molecule has 0 radical (unpaired) electrons. The van der Waals surface area contributed by atoms with Gasteiger partial charge in [0.25, 0.3) is 11.8 Å². The molecule has 0 aliphatic carbocycles. The van der Waals surface area contributed by atoms with Crippen LogP contribution in [-0.2, 0) is 5.41 Å². The Balaban J connectivity index is 0.965. The molecule has 0 aliphatic heterocycles. The van der Waals surface area contributed by atoms with E-state index in [9.17, 15) is 19.8 Å². The molecule has 0 fully saturated rings. The number of amides is 2. The van der Waals surface area contributed by atoms with Crippen LogP contribution < -0.4 is 41.0 Å². The number of nitrogens with two attached hydrogens (primary N) is 2. The quantitative estimate of drug-likeness (QED) is 0.0348. The van der Waals surface area contributed by atoms with E-state index < -0.39 is 63.6 Å². The van der Waals surface area contributed by atoms with Gasteiger partial charge in [-0.25, -0.2) is 0 Å². The molecule has 0 heterocycles. The summed E-state index contributed by atoms with van der Waals surface area (Å²) in [5.74, 6) is -0.223. The first kappa shape index (κ1) is 48.1. The number of alkyl halides is 6. The highest BCUT2D eigenvalue weighted by molar-refractivity contribution is 6.06. The molecule has 8 N–H and O–H groups in total. The lowest BCUT2D eigenvalue weighted by Gasteiger charge is -2.38. The van der Waals surface area contributed by atoms with Gasteiger partial charge in [-0.05, 0) is 181 Å². The lowest BCUT2D eigenvalue weighted by molar-refractivity contribution is -0.288. The summed E-state index contributed by atoms with van der Waals surface area (Å²) >= 11 is 0. The van der Waals surface area contributed by atoms with Crippen molar-refractivity contribution < 1.29 is 65.1 Å². The van der Waals surface area contributed by atoms with Crippen molar-refractivity contribution in [3.05, 3.63) is 204 Å². The van der Waals surface area contributed by atoms with Gasteiger partial charge in [-0.15, -0.1) is 0 Å². The molecule has 360 valence electrons. The number of ether oxygens (including phenoxy) is 4. The first-order valence-corrected chi connectivity index (χ1v) is 21.1. The van der Waals surface area contributed by atoms with E-state index in [2.05, 4.69) is 10.6 Å². The molecule has 0 unspecified atom stereocenters. The maximum atomic E-state index is 15.3. The van der Waals surface area contributed by atoms with Gasteiger partial charge in [0.2, 0.25) is 5.41 Å². The molecule has 2 amide bonds. The number of nitrogens with one attached hydrogen (secondary N) is 2. The van der Waals surface area contributed by atoms with E-state index in [1.165, 1.54) is 48.5 Å². The highest BCUT2D eigenvalue weighted by Gasteiger charge is 2.72. The van der Waals surface area contributed by atoms with Crippen LogP contribution in [0.4, 0.5) is 49.1 Å². The summed E-state index contributed by atoms with van der Waals surface area (Å²) in [7, 11) is 0. The summed E-state index contributed by atoms with van der Waals surface area (Å²) in [5.41, 5.74) is 3.06. The fraction of sp³-hybridized carbons (Fsp3) is 0.0566. The van der Waals surface area contributed by atoms with E-state index in [0.717, 1.165) is 0 Å². The highest BCUT2D eigenvalue weighted by Crippen LogP contribution is 2.57. The van der Waals surface area contributed by atoms with Gasteiger partial charge in [0.1, 0.15) is 57.5 Å². The number of halogens is 6.